The Kier molecular flexibility index (Phi) is 7.47. The van der Waals surface area contributed by atoms with E-state index in [0.717, 1.165) is 0 Å². The number of rotatable bonds is 9. The SMILES string of the molecule is CC(C)CC(NC(=O)Oc1cccc(CCO[N+](=O)[O-])c1)C(=O)O. The molecule has 0 aliphatic rings. The Morgan fingerprint density at radius 3 is 2.67 bits per heavy atom. The van der Waals surface area contributed by atoms with Crippen LogP contribution in [0.5, 0.6) is 5.75 Å². The van der Waals surface area contributed by atoms with Crippen LogP contribution >= 0.6 is 0 Å². The fourth-order valence-corrected chi connectivity index (χ4v) is 1.97. The number of carbonyl (C=O) groups excluding carboxylic acids is 1. The van der Waals surface area contributed by atoms with Gasteiger partial charge >= 0.3 is 12.1 Å². The minimum Gasteiger partial charge on any atom is -0.480 e. The lowest BCUT2D eigenvalue weighted by Gasteiger charge is -2.16. The van der Waals surface area contributed by atoms with E-state index in [-0.39, 0.29) is 31.1 Å². The van der Waals surface area contributed by atoms with Gasteiger partial charge in [-0.05, 0) is 36.5 Å². The molecule has 9 heteroatoms. The van der Waals surface area contributed by atoms with Gasteiger partial charge in [0.25, 0.3) is 5.09 Å². The molecule has 0 fully saturated rings. The summed E-state index contributed by atoms with van der Waals surface area (Å²) in [7, 11) is 0. The predicted octanol–water partition coefficient (Wildman–Crippen LogP) is 2.03. The van der Waals surface area contributed by atoms with E-state index < -0.39 is 23.2 Å². The predicted molar refractivity (Wildman–Crippen MR) is 83.1 cm³/mol. The lowest BCUT2D eigenvalue weighted by Crippen LogP contribution is -2.43. The van der Waals surface area contributed by atoms with Gasteiger partial charge in [-0.1, -0.05) is 26.0 Å². The van der Waals surface area contributed by atoms with E-state index in [2.05, 4.69) is 10.2 Å². The van der Waals surface area contributed by atoms with Crippen molar-refractivity contribution >= 4 is 12.1 Å². The maximum absolute atomic E-state index is 11.8. The molecule has 1 unspecified atom stereocenters. The summed E-state index contributed by atoms with van der Waals surface area (Å²) in [4.78, 5) is 37.2. The molecule has 1 aromatic carbocycles. The van der Waals surface area contributed by atoms with Crippen molar-refractivity contribution in [2.45, 2.75) is 32.7 Å². The van der Waals surface area contributed by atoms with Crippen LogP contribution in [0.3, 0.4) is 0 Å². The minimum absolute atomic E-state index is 0.0938. The highest BCUT2D eigenvalue weighted by molar-refractivity contribution is 5.80. The standard InChI is InChI=1S/C15H20N2O7/c1-10(2)8-13(14(18)19)16-15(20)24-12-5-3-4-11(9-12)6-7-23-17(21)22/h3-5,9-10,13H,6-8H2,1-2H3,(H,16,20)(H,18,19). The first kappa shape index (κ1) is 19.2. The van der Waals surface area contributed by atoms with E-state index in [0.29, 0.717) is 5.56 Å². The summed E-state index contributed by atoms with van der Waals surface area (Å²) in [5.41, 5.74) is 0.680. The lowest BCUT2D eigenvalue weighted by molar-refractivity contribution is -0.757. The van der Waals surface area contributed by atoms with Crippen molar-refractivity contribution in [2.75, 3.05) is 6.61 Å². The largest absolute Gasteiger partial charge is 0.480 e. The molecular weight excluding hydrogens is 320 g/mol. The van der Waals surface area contributed by atoms with Crippen LogP contribution in [0.2, 0.25) is 0 Å². The van der Waals surface area contributed by atoms with E-state index in [1.54, 1.807) is 12.1 Å². The summed E-state index contributed by atoms with van der Waals surface area (Å²) in [6.07, 6.45) is -0.324. The van der Waals surface area contributed by atoms with Crippen molar-refractivity contribution in [1.29, 1.82) is 0 Å². The fourth-order valence-electron chi connectivity index (χ4n) is 1.97. The zero-order chi connectivity index (χ0) is 18.1. The summed E-state index contributed by atoms with van der Waals surface area (Å²) in [6.45, 7) is 3.58. The Bertz CT molecular complexity index is 589. The molecule has 132 valence electrons. The third kappa shape index (κ3) is 7.43. The quantitative estimate of drug-likeness (QED) is 0.520. The van der Waals surface area contributed by atoms with Crippen LogP contribution in [-0.2, 0) is 16.1 Å². The first-order chi connectivity index (χ1) is 11.3. The molecule has 0 aliphatic carbocycles. The molecule has 0 saturated heterocycles. The third-order valence-electron chi connectivity index (χ3n) is 2.99. The topological polar surface area (TPSA) is 128 Å². The number of nitrogens with zero attached hydrogens (tertiary/aromatic N) is 1. The Labute approximate surface area is 138 Å². The number of benzene rings is 1. The molecule has 0 aliphatic heterocycles. The van der Waals surface area contributed by atoms with Gasteiger partial charge in [0.05, 0.1) is 0 Å². The first-order valence-corrected chi connectivity index (χ1v) is 7.35. The molecule has 1 amide bonds. The first-order valence-electron chi connectivity index (χ1n) is 7.35. The van der Waals surface area contributed by atoms with Crippen molar-refractivity contribution in [3.8, 4) is 5.75 Å². The van der Waals surface area contributed by atoms with Crippen molar-refractivity contribution in [1.82, 2.24) is 5.32 Å². The molecule has 1 rings (SSSR count). The summed E-state index contributed by atoms with van der Waals surface area (Å²) in [5, 5.41) is 20.6. The summed E-state index contributed by atoms with van der Waals surface area (Å²) in [5.74, 6) is -0.831. The number of aliphatic carboxylic acids is 1. The molecular formula is C15H20N2O7. The number of hydrogen-bond donors (Lipinski definition) is 2. The molecule has 0 aromatic heterocycles. The Morgan fingerprint density at radius 1 is 1.38 bits per heavy atom. The van der Waals surface area contributed by atoms with Gasteiger partial charge in [-0.15, -0.1) is 10.1 Å². The van der Waals surface area contributed by atoms with E-state index in [1.165, 1.54) is 12.1 Å². The van der Waals surface area contributed by atoms with E-state index in [9.17, 15) is 19.7 Å². The van der Waals surface area contributed by atoms with Gasteiger partial charge in [-0.25, -0.2) is 9.59 Å². The van der Waals surface area contributed by atoms with Crippen molar-refractivity contribution in [3.63, 3.8) is 0 Å². The summed E-state index contributed by atoms with van der Waals surface area (Å²) in [6, 6.07) is 5.34. The fraction of sp³-hybridized carbons (Fsp3) is 0.467. The van der Waals surface area contributed by atoms with Crippen LogP contribution in [0.25, 0.3) is 0 Å². The van der Waals surface area contributed by atoms with Gasteiger partial charge in [0, 0.05) is 0 Å². The van der Waals surface area contributed by atoms with E-state index >= 15 is 0 Å². The number of hydrogen-bond acceptors (Lipinski definition) is 6. The Hall–Kier alpha value is -2.84. The van der Waals surface area contributed by atoms with Crippen molar-refractivity contribution < 1.29 is 29.4 Å². The van der Waals surface area contributed by atoms with E-state index in [1.807, 2.05) is 13.8 Å². The van der Waals surface area contributed by atoms with Crippen LogP contribution in [0, 0.1) is 16.0 Å². The highest BCUT2D eigenvalue weighted by Crippen LogP contribution is 2.14. The molecule has 2 N–H and O–H groups in total. The zero-order valence-corrected chi connectivity index (χ0v) is 13.4. The number of ether oxygens (including phenoxy) is 1. The average molecular weight is 340 g/mol. The molecule has 1 aromatic rings. The highest BCUT2D eigenvalue weighted by atomic mass is 16.9. The number of nitrogens with one attached hydrogen (secondary N) is 1. The average Bonchev–Trinajstić information content (AvgIpc) is 2.45. The van der Waals surface area contributed by atoms with Gasteiger partial charge in [-0.3, -0.25) is 0 Å². The number of carbonyl (C=O) groups is 2. The summed E-state index contributed by atoms with van der Waals surface area (Å²) < 4.78 is 5.06. The highest BCUT2D eigenvalue weighted by Gasteiger charge is 2.22. The smallest absolute Gasteiger partial charge is 0.413 e. The molecule has 1 atom stereocenters. The Morgan fingerprint density at radius 2 is 2.08 bits per heavy atom. The molecule has 9 nitrogen and oxygen atoms in total. The number of carboxylic acid groups (broad SMARTS) is 1. The number of amides is 1. The molecule has 24 heavy (non-hydrogen) atoms. The van der Waals surface area contributed by atoms with Gasteiger partial charge < -0.3 is 20.0 Å². The van der Waals surface area contributed by atoms with Gasteiger partial charge in [0.1, 0.15) is 18.4 Å². The van der Waals surface area contributed by atoms with Crippen LogP contribution in [0.1, 0.15) is 25.8 Å². The van der Waals surface area contributed by atoms with Crippen molar-refractivity contribution in [3.05, 3.63) is 39.9 Å². The van der Waals surface area contributed by atoms with Crippen LogP contribution in [0.4, 0.5) is 4.79 Å². The second kappa shape index (κ2) is 9.33. The molecule has 0 saturated carbocycles. The van der Waals surface area contributed by atoms with Gasteiger partial charge in [0.2, 0.25) is 0 Å². The maximum Gasteiger partial charge on any atom is 0.413 e. The molecule has 0 spiro atoms. The van der Waals surface area contributed by atoms with Crippen LogP contribution in [0.15, 0.2) is 24.3 Å². The van der Waals surface area contributed by atoms with Gasteiger partial charge in [-0.2, -0.15) is 0 Å². The second-order valence-corrected chi connectivity index (χ2v) is 5.51. The van der Waals surface area contributed by atoms with Gasteiger partial charge in [0.15, 0.2) is 0 Å². The Balaban J connectivity index is 2.59. The van der Waals surface area contributed by atoms with E-state index in [4.69, 9.17) is 9.84 Å². The van der Waals surface area contributed by atoms with Crippen molar-refractivity contribution in [2.24, 2.45) is 5.92 Å². The number of carboxylic acids is 1. The maximum atomic E-state index is 11.8. The monoisotopic (exact) mass is 340 g/mol. The molecule has 0 bridgehead atoms. The second-order valence-electron chi connectivity index (χ2n) is 5.51. The molecule has 0 radical (unpaired) electrons. The van der Waals surface area contributed by atoms with Crippen LogP contribution in [-0.4, -0.2) is 34.9 Å². The lowest BCUT2D eigenvalue weighted by atomic mass is 10.0. The zero-order valence-electron chi connectivity index (χ0n) is 13.4. The third-order valence-corrected chi connectivity index (χ3v) is 2.99. The summed E-state index contributed by atoms with van der Waals surface area (Å²) >= 11 is 0. The minimum atomic E-state index is -1.13. The van der Waals surface area contributed by atoms with Crippen LogP contribution < -0.4 is 10.1 Å². The molecule has 0 heterocycles. The normalized spacial score (nSPS) is 11.6.